The van der Waals surface area contributed by atoms with Gasteiger partial charge >= 0.3 is 0 Å². The molecule has 3 unspecified atom stereocenters. The summed E-state index contributed by atoms with van der Waals surface area (Å²) in [7, 11) is 0. The molecule has 1 rings (SSSR count). The van der Waals surface area contributed by atoms with Crippen LogP contribution in [0.2, 0.25) is 0 Å². The van der Waals surface area contributed by atoms with Crippen LogP contribution in [-0.4, -0.2) is 36.1 Å². The molecule has 0 bridgehead atoms. The van der Waals surface area contributed by atoms with E-state index in [0.717, 1.165) is 18.5 Å². The van der Waals surface area contributed by atoms with Gasteiger partial charge in [0.2, 0.25) is 0 Å². The van der Waals surface area contributed by atoms with Crippen LogP contribution in [0.4, 0.5) is 0 Å². The molecule has 2 nitrogen and oxygen atoms in total. The number of nitrogens with one attached hydrogen (secondary N) is 1. The van der Waals surface area contributed by atoms with Gasteiger partial charge in [0.15, 0.2) is 0 Å². The fraction of sp³-hybridized carbons (Fsp3) is 1.00. The first kappa shape index (κ1) is 12.0. The summed E-state index contributed by atoms with van der Waals surface area (Å²) >= 11 is 0. The molecule has 84 valence electrons. The molecule has 1 heterocycles. The molecule has 1 N–H and O–H groups in total. The van der Waals surface area contributed by atoms with E-state index in [0.29, 0.717) is 12.1 Å². The van der Waals surface area contributed by atoms with Crippen molar-refractivity contribution in [3.63, 3.8) is 0 Å². The molecular weight excluding hydrogens is 172 g/mol. The zero-order valence-electron chi connectivity index (χ0n) is 10.4. The second kappa shape index (κ2) is 5.13. The zero-order valence-corrected chi connectivity index (χ0v) is 10.4. The summed E-state index contributed by atoms with van der Waals surface area (Å²) in [6.07, 6.45) is 1.28. The lowest BCUT2D eigenvalue weighted by Gasteiger charge is -2.44. The highest BCUT2D eigenvalue weighted by atomic mass is 15.2. The minimum absolute atomic E-state index is 0.651. The Bertz CT molecular complexity index is 168. The largest absolute Gasteiger partial charge is 0.311 e. The standard InChI is InChI=1S/C12H26N2/c1-6-10(4)12-7-13-11(5)8-14(12)9(2)3/h9-13H,6-8H2,1-5H3. The predicted octanol–water partition coefficient (Wildman–Crippen LogP) is 2.10. The first-order valence-corrected chi connectivity index (χ1v) is 6.05. The smallest absolute Gasteiger partial charge is 0.0249 e. The molecule has 1 aliphatic heterocycles. The molecule has 3 atom stereocenters. The van der Waals surface area contributed by atoms with Crippen molar-refractivity contribution in [3.8, 4) is 0 Å². The number of hydrogen-bond donors (Lipinski definition) is 1. The second-order valence-corrected chi connectivity index (χ2v) is 5.05. The average Bonchev–Trinajstić information content (AvgIpc) is 2.16. The Morgan fingerprint density at radius 2 is 2.00 bits per heavy atom. The lowest BCUT2D eigenvalue weighted by atomic mass is 9.93. The Morgan fingerprint density at radius 1 is 1.36 bits per heavy atom. The molecule has 1 aliphatic rings. The molecular formula is C12H26N2. The van der Waals surface area contributed by atoms with Crippen LogP contribution >= 0.6 is 0 Å². The average molecular weight is 198 g/mol. The van der Waals surface area contributed by atoms with E-state index in [4.69, 9.17) is 0 Å². The first-order chi connectivity index (χ1) is 6.56. The molecule has 1 fully saturated rings. The minimum Gasteiger partial charge on any atom is -0.311 e. The van der Waals surface area contributed by atoms with Gasteiger partial charge < -0.3 is 5.32 Å². The highest BCUT2D eigenvalue weighted by Crippen LogP contribution is 2.20. The minimum atomic E-state index is 0.651. The third kappa shape index (κ3) is 2.71. The highest BCUT2D eigenvalue weighted by Gasteiger charge is 2.30. The molecule has 0 radical (unpaired) electrons. The van der Waals surface area contributed by atoms with Gasteiger partial charge in [-0.05, 0) is 26.7 Å². The van der Waals surface area contributed by atoms with Crippen LogP contribution in [0.15, 0.2) is 0 Å². The van der Waals surface area contributed by atoms with Crippen LogP contribution in [-0.2, 0) is 0 Å². The Kier molecular flexibility index (Phi) is 4.39. The molecule has 0 spiro atoms. The molecule has 1 saturated heterocycles. The van der Waals surface area contributed by atoms with E-state index in [-0.39, 0.29) is 0 Å². The topological polar surface area (TPSA) is 15.3 Å². The molecule has 0 aromatic carbocycles. The van der Waals surface area contributed by atoms with Crippen LogP contribution in [0.1, 0.15) is 41.0 Å². The summed E-state index contributed by atoms with van der Waals surface area (Å²) in [6, 6.07) is 2.06. The number of piperazine rings is 1. The summed E-state index contributed by atoms with van der Waals surface area (Å²) in [5, 5.41) is 3.59. The fourth-order valence-electron chi connectivity index (χ4n) is 2.35. The maximum Gasteiger partial charge on any atom is 0.0249 e. The van der Waals surface area contributed by atoms with Gasteiger partial charge in [0.1, 0.15) is 0 Å². The fourth-order valence-corrected chi connectivity index (χ4v) is 2.35. The van der Waals surface area contributed by atoms with Crippen LogP contribution < -0.4 is 5.32 Å². The molecule has 0 aliphatic carbocycles. The molecule has 0 aromatic rings. The molecule has 2 heteroatoms. The summed E-state index contributed by atoms with van der Waals surface area (Å²) in [5.41, 5.74) is 0. The second-order valence-electron chi connectivity index (χ2n) is 5.05. The Balaban J connectivity index is 2.62. The molecule has 0 saturated carbocycles. The van der Waals surface area contributed by atoms with Crippen molar-refractivity contribution >= 4 is 0 Å². The SMILES string of the molecule is CCC(C)C1CNC(C)CN1C(C)C. The Morgan fingerprint density at radius 3 is 2.50 bits per heavy atom. The lowest BCUT2D eigenvalue weighted by molar-refractivity contribution is 0.0670. The number of rotatable bonds is 3. The van der Waals surface area contributed by atoms with Crippen molar-refractivity contribution in [1.82, 2.24) is 10.2 Å². The van der Waals surface area contributed by atoms with Crippen molar-refractivity contribution in [2.75, 3.05) is 13.1 Å². The zero-order chi connectivity index (χ0) is 10.7. The van der Waals surface area contributed by atoms with Gasteiger partial charge in [-0.3, -0.25) is 4.90 Å². The third-order valence-corrected chi connectivity index (χ3v) is 3.55. The van der Waals surface area contributed by atoms with Gasteiger partial charge in [0.05, 0.1) is 0 Å². The Hall–Kier alpha value is -0.0800. The van der Waals surface area contributed by atoms with Crippen LogP contribution in [0.5, 0.6) is 0 Å². The molecule has 0 aromatic heterocycles. The highest BCUT2D eigenvalue weighted by molar-refractivity contribution is 4.88. The molecule has 0 amide bonds. The maximum atomic E-state index is 3.59. The van der Waals surface area contributed by atoms with Crippen molar-refractivity contribution in [2.45, 2.75) is 59.2 Å². The van der Waals surface area contributed by atoms with Crippen molar-refractivity contribution in [1.29, 1.82) is 0 Å². The van der Waals surface area contributed by atoms with E-state index in [2.05, 4.69) is 44.8 Å². The van der Waals surface area contributed by atoms with E-state index in [1.807, 2.05) is 0 Å². The van der Waals surface area contributed by atoms with Gasteiger partial charge in [-0.1, -0.05) is 20.3 Å². The van der Waals surface area contributed by atoms with E-state index in [9.17, 15) is 0 Å². The van der Waals surface area contributed by atoms with E-state index in [1.165, 1.54) is 13.0 Å². The van der Waals surface area contributed by atoms with E-state index >= 15 is 0 Å². The maximum absolute atomic E-state index is 3.59. The van der Waals surface area contributed by atoms with Crippen molar-refractivity contribution in [2.24, 2.45) is 5.92 Å². The quantitative estimate of drug-likeness (QED) is 0.747. The van der Waals surface area contributed by atoms with Gasteiger partial charge in [-0.15, -0.1) is 0 Å². The third-order valence-electron chi connectivity index (χ3n) is 3.55. The number of nitrogens with zero attached hydrogens (tertiary/aromatic N) is 1. The normalized spacial score (nSPS) is 32.1. The van der Waals surface area contributed by atoms with Crippen LogP contribution in [0.25, 0.3) is 0 Å². The Labute approximate surface area is 89.1 Å². The molecule has 14 heavy (non-hydrogen) atoms. The summed E-state index contributed by atoms with van der Waals surface area (Å²) in [6.45, 7) is 13.9. The lowest BCUT2D eigenvalue weighted by Crippen LogP contribution is -2.59. The van der Waals surface area contributed by atoms with Gasteiger partial charge in [-0.25, -0.2) is 0 Å². The van der Waals surface area contributed by atoms with Crippen LogP contribution in [0.3, 0.4) is 0 Å². The summed E-state index contributed by atoms with van der Waals surface area (Å²) in [5.74, 6) is 0.803. The predicted molar refractivity (Wildman–Crippen MR) is 62.5 cm³/mol. The van der Waals surface area contributed by atoms with Gasteiger partial charge in [0, 0.05) is 31.2 Å². The van der Waals surface area contributed by atoms with Crippen molar-refractivity contribution in [3.05, 3.63) is 0 Å². The summed E-state index contributed by atoms with van der Waals surface area (Å²) < 4.78 is 0. The van der Waals surface area contributed by atoms with Crippen molar-refractivity contribution < 1.29 is 0 Å². The monoisotopic (exact) mass is 198 g/mol. The summed E-state index contributed by atoms with van der Waals surface area (Å²) in [4.78, 5) is 2.66. The van der Waals surface area contributed by atoms with Crippen LogP contribution in [0, 0.1) is 5.92 Å². The van der Waals surface area contributed by atoms with Gasteiger partial charge in [0.25, 0.3) is 0 Å². The first-order valence-electron chi connectivity index (χ1n) is 6.05. The van der Waals surface area contributed by atoms with E-state index in [1.54, 1.807) is 0 Å². The number of hydrogen-bond acceptors (Lipinski definition) is 2. The van der Waals surface area contributed by atoms with E-state index < -0.39 is 0 Å². The van der Waals surface area contributed by atoms with Gasteiger partial charge in [-0.2, -0.15) is 0 Å².